The molecule has 0 bridgehead atoms. The average Bonchev–Trinajstić information content (AvgIpc) is 2.80. The molecule has 1 atom stereocenters. The monoisotopic (exact) mass is 351 g/mol. The molecular formula is C13H16Cl3N3O2. The van der Waals surface area contributed by atoms with Gasteiger partial charge in [-0.3, -0.25) is 9.59 Å². The lowest BCUT2D eigenvalue weighted by Gasteiger charge is -2.18. The minimum absolute atomic E-state index is 0. The van der Waals surface area contributed by atoms with E-state index in [1.165, 1.54) is 4.90 Å². The van der Waals surface area contributed by atoms with Gasteiger partial charge < -0.3 is 16.0 Å². The van der Waals surface area contributed by atoms with Gasteiger partial charge in [-0.15, -0.1) is 12.4 Å². The van der Waals surface area contributed by atoms with Crippen LogP contribution < -0.4 is 16.0 Å². The van der Waals surface area contributed by atoms with E-state index in [0.29, 0.717) is 41.8 Å². The van der Waals surface area contributed by atoms with Crippen LogP contribution in [0.5, 0.6) is 0 Å². The topological polar surface area (TPSA) is 75.4 Å². The molecular weight excluding hydrogens is 337 g/mol. The lowest BCUT2D eigenvalue weighted by Crippen LogP contribution is -2.38. The molecule has 2 amide bonds. The van der Waals surface area contributed by atoms with Gasteiger partial charge in [0.15, 0.2) is 0 Å². The third-order valence-electron chi connectivity index (χ3n) is 3.16. The number of nitrogens with zero attached hydrogens (tertiary/aromatic N) is 1. The first kappa shape index (κ1) is 18.0. The molecule has 8 heteroatoms. The minimum Gasteiger partial charge on any atom is -0.354 e. The molecule has 1 saturated heterocycles. The van der Waals surface area contributed by atoms with Crippen LogP contribution in [0.3, 0.4) is 0 Å². The Labute approximate surface area is 139 Å². The molecule has 5 nitrogen and oxygen atoms in total. The highest BCUT2D eigenvalue weighted by Gasteiger charge is 2.38. The van der Waals surface area contributed by atoms with Gasteiger partial charge in [0, 0.05) is 24.7 Å². The number of hydrogen-bond acceptors (Lipinski definition) is 3. The zero-order valence-corrected chi connectivity index (χ0v) is 13.5. The van der Waals surface area contributed by atoms with E-state index < -0.39 is 5.92 Å². The number of benzene rings is 1. The minimum atomic E-state index is -0.684. The number of hydrogen-bond donors (Lipinski definition) is 2. The van der Waals surface area contributed by atoms with Gasteiger partial charge >= 0.3 is 0 Å². The Bertz CT molecular complexity index is 539. The number of carbonyl (C=O) groups excluding carboxylic acids is 2. The molecule has 1 aromatic carbocycles. The summed E-state index contributed by atoms with van der Waals surface area (Å²) in [4.78, 5) is 25.7. The summed E-state index contributed by atoms with van der Waals surface area (Å²) in [6.45, 7) is 1.15. The molecule has 116 valence electrons. The maximum absolute atomic E-state index is 12.3. The number of rotatable bonds is 4. The van der Waals surface area contributed by atoms with Gasteiger partial charge in [0.25, 0.3) is 0 Å². The number of nitrogens with one attached hydrogen (secondary N) is 1. The van der Waals surface area contributed by atoms with Gasteiger partial charge in [0.1, 0.15) is 5.92 Å². The van der Waals surface area contributed by atoms with Crippen molar-refractivity contribution in [2.75, 3.05) is 24.5 Å². The van der Waals surface area contributed by atoms with Crippen LogP contribution in [-0.4, -0.2) is 31.4 Å². The molecule has 1 aliphatic heterocycles. The van der Waals surface area contributed by atoms with Crippen LogP contribution in [0.25, 0.3) is 0 Å². The normalized spacial score (nSPS) is 17.6. The van der Waals surface area contributed by atoms with Crippen molar-refractivity contribution in [2.45, 2.75) is 6.42 Å². The van der Waals surface area contributed by atoms with E-state index in [-0.39, 0.29) is 24.2 Å². The van der Waals surface area contributed by atoms with Gasteiger partial charge in [-0.05, 0) is 24.6 Å². The van der Waals surface area contributed by atoms with Gasteiger partial charge in [-0.2, -0.15) is 0 Å². The largest absolute Gasteiger partial charge is 0.354 e. The highest BCUT2D eigenvalue weighted by Crippen LogP contribution is 2.33. The van der Waals surface area contributed by atoms with Crippen LogP contribution in [0, 0.1) is 5.92 Å². The van der Waals surface area contributed by atoms with Crippen molar-refractivity contribution in [3.63, 3.8) is 0 Å². The number of carbonyl (C=O) groups is 2. The van der Waals surface area contributed by atoms with Gasteiger partial charge in [-0.1, -0.05) is 23.2 Å². The van der Waals surface area contributed by atoms with Gasteiger partial charge in [-0.25, -0.2) is 0 Å². The maximum atomic E-state index is 12.3. The summed E-state index contributed by atoms with van der Waals surface area (Å²) in [6.07, 6.45) is 0.456. The van der Waals surface area contributed by atoms with E-state index in [9.17, 15) is 9.59 Å². The van der Waals surface area contributed by atoms with Gasteiger partial charge in [0.2, 0.25) is 11.8 Å². The standard InChI is InChI=1S/C13H15Cl2N3O2.ClH/c14-8-1-2-10(15)11(7-8)18-6-3-9(13(18)20)12(19)17-5-4-16;/h1-2,7,9H,3-6,16H2,(H,17,19);1H. The predicted octanol–water partition coefficient (Wildman–Crippen LogP) is 1.84. The van der Waals surface area contributed by atoms with Crippen LogP contribution in [0.15, 0.2) is 18.2 Å². The summed E-state index contributed by atoms with van der Waals surface area (Å²) in [5.74, 6) is -1.23. The van der Waals surface area contributed by atoms with Crippen LogP contribution >= 0.6 is 35.6 Å². The SMILES string of the molecule is Cl.NCCNC(=O)C1CCN(c2cc(Cl)ccc2Cl)C1=O. The third kappa shape index (κ3) is 4.01. The number of halogens is 3. The third-order valence-corrected chi connectivity index (χ3v) is 3.72. The summed E-state index contributed by atoms with van der Waals surface area (Å²) in [5.41, 5.74) is 5.86. The second-order valence-corrected chi connectivity index (χ2v) is 5.35. The van der Waals surface area contributed by atoms with Crippen molar-refractivity contribution >= 4 is 53.1 Å². The molecule has 1 heterocycles. The van der Waals surface area contributed by atoms with Crippen LogP contribution in [0.2, 0.25) is 10.0 Å². The first-order valence-corrected chi connectivity index (χ1v) is 7.04. The Morgan fingerprint density at radius 3 is 2.81 bits per heavy atom. The molecule has 1 unspecified atom stereocenters. The van der Waals surface area contributed by atoms with Crippen molar-refractivity contribution in [1.29, 1.82) is 0 Å². The number of anilines is 1. The Morgan fingerprint density at radius 2 is 2.14 bits per heavy atom. The molecule has 1 aromatic rings. The van der Waals surface area contributed by atoms with E-state index in [1.807, 2.05) is 0 Å². The summed E-state index contributed by atoms with van der Waals surface area (Å²) in [6, 6.07) is 4.91. The second-order valence-electron chi connectivity index (χ2n) is 4.51. The summed E-state index contributed by atoms with van der Waals surface area (Å²) < 4.78 is 0. The Kier molecular flexibility index (Phi) is 6.74. The molecule has 0 radical (unpaired) electrons. The fraction of sp³-hybridized carbons (Fsp3) is 0.385. The Hall–Kier alpha value is -1.01. The molecule has 0 saturated carbocycles. The average molecular weight is 353 g/mol. The molecule has 0 aliphatic carbocycles. The fourth-order valence-electron chi connectivity index (χ4n) is 2.17. The fourth-order valence-corrected chi connectivity index (χ4v) is 2.56. The van der Waals surface area contributed by atoms with Crippen molar-refractivity contribution in [3.8, 4) is 0 Å². The maximum Gasteiger partial charge on any atom is 0.239 e. The quantitative estimate of drug-likeness (QED) is 0.812. The zero-order valence-electron chi connectivity index (χ0n) is 11.1. The van der Waals surface area contributed by atoms with E-state index in [0.717, 1.165) is 0 Å². The Balaban J connectivity index is 0.00000220. The molecule has 2 rings (SSSR count). The van der Waals surface area contributed by atoms with Crippen molar-refractivity contribution < 1.29 is 9.59 Å². The van der Waals surface area contributed by atoms with Crippen molar-refractivity contribution in [2.24, 2.45) is 11.7 Å². The Morgan fingerprint density at radius 1 is 1.43 bits per heavy atom. The predicted molar refractivity (Wildman–Crippen MR) is 86.2 cm³/mol. The van der Waals surface area contributed by atoms with E-state index in [4.69, 9.17) is 28.9 Å². The summed E-state index contributed by atoms with van der Waals surface area (Å²) >= 11 is 12.0. The van der Waals surface area contributed by atoms with Crippen molar-refractivity contribution in [1.82, 2.24) is 5.32 Å². The van der Waals surface area contributed by atoms with Gasteiger partial charge in [0.05, 0.1) is 10.7 Å². The highest BCUT2D eigenvalue weighted by molar-refractivity contribution is 6.36. The lowest BCUT2D eigenvalue weighted by atomic mass is 10.1. The first-order chi connectivity index (χ1) is 9.54. The zero-order chi connectivity index (χ0) is 14.7. The molecule has 3 N–H and O–H groups in total. The number of amides is 2. The summed E-state index contributed by atoms with van der Waals surface area (Å²) in [5, 5.41) is 3.56. The van der Waals surface area contributed by atoms with Crippen molar-refractivity contribution in [3.05, 3.63) is 28.2 Å². The van der Waals surface area contributed by atoms with Crippen LogP contribution in [0.4, 0.5) is 5.69 Å². The highest BCUT2D eigenvalue weighted by atomic mass is 35.5. The molecule has 1 aliphatic rings. The molecule has 0 spiro atoms. The van der Waals surface area contributed by atoms with E-state index >= 15 is 0 Å². The molecule has 0 aromatic heterocycles. The van der Waals surface area contributed by atoms with E-state index in [2.05, 4.69) is 5.32 Å². The first-order valence-electron chi connectivity index (χ1n) is 6.29. The molecule has 21 heavy (non-hydrogen) atoms. The second kappa shape index (κ2) is 7.84. The van der Waals surface area contributed by atoms with E-state index in [1.54, 1.807) is 18.2 Å². The van der Waals surface area contributed by atoms with Crippen LogP contribution in [-0.2, 0) is 9.59 Å². The van der Waals surface area contributed by atoms with Crippen LogP contribution in [0.1, 0.15) is 6.42 Å². The summed E-state index contributed by atoms with van der Waals surface area (Å²) in [7, 11) is 0. The molecule has 1 fully saturated rings. The number of nitrogens with two attached hydrogens (primary N) is 1. The lowest BCUT2D eigenvalue weighted by molar-refractivity contribution is -0.132. The smallest absolute Gasteiger partial charge is 0.239 e.